The number of halogens is 1. The number of nitrogens with zero attached hydrogens (tertiary/aromatic N) is 3. The van der Waals surface area contributed by atoms with Crippen LogP contribution in [0.5, 0.6) is 0 Å². The van der Waals surface area contributed by atoms with E-state index < -0.39 is 0 Å². The second kappa shape index (κ2) is 7.28. The number of rotatable bonds is 3. The number of nitrogens with one attached hydrogen (secondary N) is 1. The maximum absolute atomic E-state index is 5.85. The first-order chi connectivity index (χ1) is 9.04. The minimum Gasteiger partial charge on any atom is -0.370 e. The lowest BCUT2D eigenvalue weighted by Gasteiger charge is -2.07. The van der Waals surface area contributed by atoms with Crippen molar-refractivity contribution in [2.24, 2.45) is 17.8 Å². The van der Waals surface area contributed by atoms with Gasteiger partial charge in [-0.2, -0.15) is 5.10 Å². The summed E-state index contributed by atoms with van der Waals surface area (Å²) in [7, 11) is 1.88. The molecule has 0 radical (unpaired) electrons. The summed E-state index contributed by atoms with van der Waals surface area (Å²) in [6, 6.07) is 8.03. The Morgan fingerprint density at radius 3 is 2.65 bits per heavy atom. The van der Waals surface area contributed by atoms with E-state index in [1.807, 2.05) is 25.4 Å². The summed E-state index contributed by atoms with van der Waals surface area (Å²) in [4.78, 5) is 4.26. The van der Waals surface area contributed by atoms with Crippen LogP contribution in [0.1, 0.15) is 16.8 Å². The fourth-order valence-corrected chi connectivity index (χ4v) is 1.72. The third-order valence-corrected chi connectivity index (χ3v) is 2.96. The van der Waals surface area contributed by atoms with Crippen LogP contribution in [0.15, 0.2) is 35.5 Å². The molecule has 0 aliphatic carbocycles. The lowest BCUT2D eigenvalue weighted by Crippen LogP contribution is -2.22. The molecule has 0 aliphatic rings. The molecule has 0 unspecified atom stereocenters. The van der Waals surface area contributed by atoms with Crippen LogP contribution >= 0.6 is 24.0 Å². The average molecular weight is 385 g/mol. The fourth-order valence-electron chi connectivity index (χ4n) is 1.72. The van der Waals surface area contributed by atoms with Gasteiger partial charge in [-0.1, -0.05) is 6.07 Å². The number of aromatic nitrogens is 2. The Kier molecular flexibility index (Phi) is 6.00. The molecule has 0 saturated carbocycles. The van der Waals surface area contributed by atoms with Gasteiger partial charge in [0.2, 0.25) is 0 Å². The summed E-state index contributed by atoms with van der Waals surface area (Å²) >= 11 is 0. The molecule has 0 amide bonds. The van der Waals surface area contributed by atoms with Crippen molar-refractivity contribution in [1.82, 2.24) is 9.78 Å². The smallest absolute Gasteiger partial charge is 0.193 e. The van der Waals surface area contributed by atoms with Gasteiger partial charge < -0.3 is 11.1 Å². The van der Waals surface area contributed by atoms with Crippen LogP contribution < -0.4 is 11.1 Å². The van der Waals surface area contributed by atoms with Crippen molar-refractivity contribution in [1.29, 1.82) is 0 Å². The zero-order chi connectivity index (χ0) is 13.8. The Labute approximate surface area is 136 Å². The van der Waals surface area contributed by atoms with E-state index in [1.54, 1.807) is 4.68 Å². The van der Waals surface area contributed by atoms with E-state index in [4.69, 9.17) is 5.73 Å². The summed E-state index contributed by atoms with van der Waals surface area (Å²) < 4.78 is 1.75. The van der Waals surface area contributed by atoms with Crippen LogP contribution in [-0.4, -0.2) is 15.7 Å². The van der Waals surface area contributed by atoms with Crippen LogP contribution in [0.4, 0.5) is 5.69 Å². The Bertz CT molecular complexity index is 603. The zero-order valence-corrected chi connectivity index (χ0v) is 14.3. The van der Waals surface area contributed by atoms with Crippen molar-refractivity contribution < 1.29 is 0 Å². The van der Waals surface area contributed by atoms with Gasteiger partial charge in [0.25, 0.3) is 0 Å². The van der Waals surface area contributed by atoms with E-state index in [0.29, 0.717) is 12.5 Å². The summed E-state index contributed by atoms with van der Waals surface area (Å²) in [5, 5.41) is 7.32. The highest BCUT2D eigenvalue weighted by Crippen LogP contribution is 2.13. The lowest BCUT2D eigenvalue weighted by atomic mass is 10.1. The molecule has 0 aliphatic heterocycles. The van der Waals surface area contributed by atoms with Gasteiger partial charge >= 0.3 is 0 Å². The van der Waals surface area contributed by atoms with Gasteiger partial charge in [0.05, 0.1) is 12.2 Å². The number of benzene rings is 1. The monoisotopic (exact) mass is 385 g/mol. The average Bonchev–Trinajstić information content (AvgIpc) is 2.77. The highest BCUT2D eigenvalue weighted by Gasteiger charge is 1.99. The molecule has 0 fully saturated rings. The zero-order valence-electron chi connectivity index (χ0n) is 11.9. The van der Waals surface area contributed by atoms with E-state index >= 15 is 0 Å². The molecule has 108 valence electrons. The van der Waals surface area contributed by atoms with E-state index in [1.165, 1.54) is 11.1 Å². The van der Waals surface area contributed by atoms with Gasteiger partial charge in [0.1, 0.15) is 0 Å². The molecule has 5 nitrogen and oxygen atoms in total. The summed E-state index contributed by atoms with van der Waals surface area (Å²) in [6.45, 7) is 4.63. The normalized spacial score (nSPS) is 11.1. The molecule has 1 aromatic heterocycles. The summed E-state index contributed by atoms with van der Waals surface area (Å²) in [5.74, 6) is 0.397. The van der Waals surface area contributed by atoms with Crippen molar-refractivity contribution in [2.45, 2.75) is 20.4 Å². The van der Waals surface area contributed by atoms with Crippen LogP contribution in [0, 0.1) is 13.8 Å². The van der Waals surface area contributed by atoms with Gasteiger partial charge in [0.15, 0.2) is 5.96 Å². The fraction of sp³-hybridized carbons (Fsp3) is 0.286. The van der Waals surface area contributed by atoms with Crippen molar-refractivity contribution >= 4 is 35.6 Å². The Morgan fingerprint density at radius 2 is 2.05 bits per heavy atom. The molecule has 2 aromatic rings. The maximum atomic E-state index is 5.85. The van der Waals surface area contributed by atoms with E-state index in [-0.39, 0.29) is 24.0 Å². The molecular weight excluding hydrogens is 365 g/mol. The molecule has 1 heterocycles. The topological polar surface area (TPSA) is 68.2 Å². The van der Waals surface area contributed by atoms with Crippen molar-refractivity contribution in [3.05, 3.63) is 47.3 Å². The number of nitrogens with two attached hydrogens (primary N) is 1. The van der Waals surface area contributed by atoms with E-state index in [0.717, 1.165) is 11.4 Å². The number of hydrogen-bond donors (Lipinski definition) is 2. The molecule has 20 heavy (non-hydrogen) atoms. The second-order valence-electron chi connectivity index (χ2n) is 4.61. The minimum atomic E-state index is 0. The van der Waals surface area contributed by atoms with E-state index in [9.17, 15) is 0 Å². The molecule has 1 aromatic carbocycles. The molecule has 0 spiro atoms. The quantitative estimate of drug-likeness (QED) is 0.485. The number of aliphatic imine (C=N–C) groups is 1. The highest BCUT2D eigenvalue weighted by atomic mass is 127. The predicted molar refractivity (Wildman–Crippen MR) is 93.5 cm³/mol. The van der Waals surface area contributed by atoms with Crippen molar-refractivity contribution in [3.8, 4) is 0 Å². The van der Waals surface area contributed by atoms with Gasteiger partial charge in [-0.05, 0) is 43.2 Å². The number of anilines is 1. The van der Waals surface area contributed by atoms with Gasteiger partial charge in [-0.25, -0.2) is 4.99 Å². The van der Waals surface area contributed by atoms with E-state index in [2.05, 4.69) is 41.4 Å². The van der Waals surface area contributed by atoms with Crippen LogP contribution in [-0.2, 0) is 13.6 Å². The SMILES string of the molecule is Cc1ccc(NC(N)=NCc2ccn(C)n2)cc1C.I. The first-order valence-corrected chi connectivity index (χ1v) is 6.17. The van der Waals surface area contributed by atoms with Crippen molar-refractivity contribution in [2.75, 3.05) is 5.32 Å². The van der Waals surface area contributed by atoms with Gasteiger partial charge in [0, 0.05) is 18.9 Å². The van der Waals surface area contributed by atoms with Crippen LogP contribution in [0.2, 0.25) is 0 Å². The molecule has 0 saturated heterocycles. The first kappa shape index (κ1) is 16.5. The third kappa shape index (κ3) is 4.52. The largest absolute Gasteiger partial charge is 0.370 e. The maximum Gasteiger partial charge on any atom is 0.193 e. The molecule has 2 rings (SSSR count). The molecular formula is C14H20IN5. The number of hydrogen-bond acceptors (Lipinski definition) is 2. The number of aryl methyl sites for hydroxylation is 3. The summed E-state index contributed by atoms with van der Waals surface area (Å²) in [5.41, 5.74) is 10.2. The first-order valence-electron chi connectivity index (χ1n) is 6.17. The Balaban J connectivity index is 0.00000200. The number of guanidine groups is 1. The summed E-state index contributed by atoms with van der Waals surface area (Å²) in [6.07, 6.45) is 1.89. The third-order valence-electron chi connectivity index (χ3n) is 2.96. The lowest BCUT2D eigenvalue weighted by molar-refractivity contribution is 0.743. The van der Waals surface area contributed by atoms with Crippen LogP contribution in [0.25, 0.3) is 0 Å². The van der Waals surface area contributed by atoms with Crippen molar-refractivity contribution in [3.63, 3.8) is 0 Å². The highest BCUT2D eigenvalue weighted by molar-refractivity contribution is 14.0. The van der Waals surface area contributed by atoms with Gasteiger partial charge in [-0.3, -0.25) is 4.68 Å². The standard InChI is InChI=1S/C14H19N5.HI/c1-10-4-5-12(8-11(10)2)17-14(15)16-9-13-6-7-19(3)18-13;/h4-8H,9H2,1-3H3,(H3,15,16,17);1H. The Morgan fingerprint density at radius 1 is 1.30 bits per heavy atom. The van der Waals surface area contributed by atoms with Crippen LogP contribution in [0.3, 0.4) is 0 Å². The van der Waals surface area contributed by atoms with Gasteiger partial charge in [-0.15, -0.1) is 24.0 Å². The molecule has 0 bridgehead atoms. The molecule has 3 N–H and O–H groups in total. The second-order valence-corrected chi connectivity index (χ2v) is 4.61. The Hall–Kier alpha value is -1.57. The molecule has 0 atom stereocenters. The minimum absolute atomic E-state index is 0. The molecule has 6 heteroatoms. The predicted octanol–water partition coefficient (Wildman–Crippen LogP) is 2.58.